The van der Waals surface area contributed by atoms with Gasteiger partial charge in [0.25, 0.3) is 5.91 Å². The van der Waals surface area contributed by atoms with Crippen LogP contribution in [-0.2, 0) is 5.88 Å². The van der Waals surface area contributed by atoms with Gasteiger partial charge in [-0.3, -0.25) is 4.79 Å². The highest BCUT2D eigenvalue weighted by molar-refractivity contribution is 6.31. The van der Waals surface area contributed by atoms with Gasteiger partial charge in [-0.2, -0.15) is 0 Å². The van der Waals surface area contributed by atoms with Crippen molar-refractivity contribution in [2.24, 2.45) is 0 Å². The maximum Gasteiger partial charge on any atom is 0.255 e. The highest BCUT2D eigenvalue weighted by atomic mass is 35.5. The fraction of sp³-hybridized carbons (Fsp3) is 0.133. The Morgan fingerprint density at radius 3 is 2.68 bits per heavy atom. The van der Waals surface area contributed by atoms with Gasteiger partial charge in [0.1, 0.15) is 0 Å². The molecular weight excluding hydrogens is 281 g/mol. The molecule has 0 saturated carbocycles. The maximum atomic E-state index is 12.1. The van der Waals surface area contributed by atoms with E-state index in [2.05, 4.69) is 5.32 Å². The summed E-state index contributed by atoms with van der Waals surface area (Å²) in [6, 6.07) is 12.7. The summed E-state index contributed by atoms with van der Waals surface area (Å²) < 4.78 is 0. The standard InChI is InChI=1S/C15H13Cl2NO/c1-10-5-6-13(8-14(10)17)18-15(19)12-4-2-3-11(7-12)9-16/h2-8H,9H2,1H3,(H,18,19). The van der Waals surface area contributed by atoms with E-state index in [1.165, 1.54) is 0 Å². The number of nitrogens with one attached hydrogen (secondary N) is 1. The minimum atomic E-state index is -0.174. The number of rotatable bonds is 3. The van der Waals surface area contributed by atoms with Gasteiger partial charge in [-0.25, -0.2) is 0 Å². The molecule has 0 bridgehead atoms. The summed E-state index contributed by atoms with van der Waals surface area (Å²) in [4.78, 5) is 12.1. The van der Waals surface area contributed by atoms with Gasteiger partial charge < -0.3 is 5.32 Å². The largest absolute Gasteiger partial charge is 0.322 e. The Hall–Kier alpha value is -1.51. The smallest absolute Gasteiger partial charge is 0.255 e. The molecule has 0 atom stereocenters. The molecule has 2 aromatic carbocycles. The van der Waals surface area contributed by atoms with Crippen LogP contribution in [0.5, 0.6) is 0 Å². The van der Waals surface area contributed by atoms with Crippen LogP contribution in [0.2, 0.25) is 5.02 Å². The second-order valence-electron chi connectivity index (χ2n) is 4.25. The van der Waals surface area contributed by atoms with E-state index in [0.717, 1.165) is 11.1 Å². The van der Waals surface area contributed by atoms with Crippen molar-refractivity contribution in [1.82, 2.24) is 0 Å². The van der Waals surface area contributed by atoms with E-state index in [0.29, 0.717) is 22.2 Å². The first-order valence-electron chi connectivity index (χ1n) is 5.82. The minimum absolute atomic E-state index is 0.174. The van der Waals surface area contributed by atoms with E-state index in [-0.39, 0.29) is 5.91 Å². The lowest BCUT2D eigenvalue weighted by molar-refractivity contribution is 0.102. The average molecular weight is 294 g/mol. The van der Waals surface area contributed by atoms with E-state index < -0.39 is 0 Å². The highest BCUT2D eigenvalue weighted by Crippen LogP contribution is 2.20. The summed E-state index contributed by atoms with van der Waals surface area (Å²) in [7, 11) is 0. The van der Waals surface area contributed by atoms with E-state index in [1.54, 1.807) is 18.2 Å². The molecule has 1 amide bonds. The summed E-state index contributed by atoms with van der Waals surface area (Å²) in [6.45, 7) is 1.91. The second kappa shape index (κ2) is 6.09. The van der Waals surface area contributed by atoms with Crippen molar-refractivity contribution in [3.8, 4) is 0 Å². The molecule has 2 nitrogen and oxygen atoms in total. The first-order valence-corrected chi connectivity index (χ1v) is 6.74. The van der Waals surface area contributed by atoms with Gasteiger partial charge in [0, 0.05) is 22.2 Å². The van der Waals surface area contributed by atoms with Gasteiger partial charge in [-0.1, -0.05) is 29.8 Å². The number of amides is 1. The average Bonchev–Trinajstić information content (AvgIpc) is 2.43. The molecule has 0 aliphatic carbocycles. The first-order chi connectivity index (χ1) is 9.10. The van der Waals surface area contributed by atoms with Crippen molar-refractivity contribution >= 4 is 34.8 Å². The molecule has 0 aromatic heterocycles. The van der Waals surface area contributed by atoms with Gasteiger partial charge in [0.2, 0.25) is 0 Å². The van der Waals surface area contributed by atoms with Gasteiger partial charge >= 0.3 is 0 Å². The fourth-order valence-electron chi connectivity index (χ4n) is 1.67. The third kappa shape index (κ3) is 3.49. The van der Waals surface area contributed by atoms with Crippen molar-refractivity contribution in [3.63, 3.8) is 0 Å². The Morgan fingerprint density at radius 1 is 1.21 bits per heavy atom. The van der Waals surface area contributed by atoms with Gasteiger partial charge in [-0.15, -0.1) is 11.6 Å². The number of carbonyl (C=O) groups excluding carboxylic acids is 1. The van der Waals surface area contributed by atoms with Crippen molar-refractivity contribution in [3.05, 3.63) is 64.2 Å². The third-order valence-electron chi connectivity index (χ3n) is 2.77. The quantitative estimate of drug-likeness (QED) is 0.821. The predicted octanol–water partition coefficient (Wildman–Crippen LogP) is 4.64. The molecule has 0 spiro atoms. The molecule has 0 saturated heterocycles. The number of anilines is 1. The Bertz CT molecular complexity index is 611. The molecule has 2 aromatic rings. The molecule has 0 heterocycles. The van der Waals surface area contributed by atoms with Crippen LogP contribution in [0.25, 0.3) is 0 Å². The van der Waals surface area contributed by atoms with Gasteiger partial charge in [-0.05, 0) is 42.3 Å². The molecule has 19 heavy (non-hydrogen) atoms. The summed E-state index contributed by atoms with van der Waals surface area (Å²) in [5.74, 6) is 0.212. The molecule has 0 aliphatic heterocycles. The van der Waals surface area contributed by atoms with Crippen LogP contribution >= 0.6 is 23.2 Å². The fourth-order valence-corrected chi connectivity index (χ4v) is 2.02. The number of aryl methyl sites for hydroxylation is 1. The number of benzene rings is 2. The van der Waals surface area contributed by atoms with Crippen LogP contribution in [0.15, 0.2) is 42.5 Å². The number of carbonyl (C=O) groups is 1. The van der Waals surface area contributed by atoms with Crippen molar-refractivity contribution in [2.75, 3.05) is 5.32 Å². The Kier molecular flexibility index (Phi) is 4.46. The van der Waals surface area contributed by atoms with Crippen LogP contribution in [0, 0.1) is 6.92 Å². The molecular formula is C15H13Cl2NO. The summed E-state index contributed by atoms with van der Waals surface area (Å²) >= 11 is 11.8. The first kappa shape index (κ1) is 13.9. The molecule has 1 N–H and O–H groups in total. The number of alkyl halides is 1. The Labute approximate surface area is 122 Å². The third-order valence-corrected chi connectivity index (χ3v) is 3.49. The molecule has 0 radical (unpaired) electrons. The van der Waals surface area contributed by atoms with E-state index in [9.17, 15) is 4.79 Å². The zero-order chi connectivity index (χ0) is 13.8. The van der Waals surface area contributed by atoms with Crippen molar-refractivity contribution < 1.29 is 4.79 Å². The summed E-state index contributed by atoms with van der Waals surface area (Å²) in [5, 5.41) is 3.44. The SMILES string of the molecule is Cc1ccc(NC(=O)c2cccc(CCl)c2)cc1Cl. The van der Waals surface area contributed by atoms with Gasteiger partial charge in [0.15, 0.2) is 0 Å². The van der Waals surface area contributed by atoms with E-state index in [4.69, 9.17) is 23.2 Å². The minimum Gasteiger partial charge on any atom is -0.322 e. The summed E-state index contributed by atoms with van der Waals surface area (Å²) in [5.41, 5.74) is 3.15. The van der Waals surface area contributed by atoms with Crippen LogP contribution in [0.4, 0.5) is 5.69 Å². The van der Waals surface area contributed by atoms with E-state index >= 15 is 0 Å². The predicted molar refractivity (Wildman–Crippen MR) is 80.1 cm³/mol. The molecule has 0 aliphatic rings. The van der Waals surface area contributed by atoms with Crippen LogP contribution < -0.4 is 5.32 Å². The molecule has 0 fully saturated rings. The topological polar surface area (TPSA) is 29.1 Å². The molecule has 0 unspecified atom stereocenters. The highest BCUT2D eigenvalue weighted by Gasteiger charge is 2.07. The zero-order valence-electron chi connectivity index (χ0n) is 10.4. The zero-order valence-corrected chi connectivity index (χ0v) is 11.9. The van der Waals surface area contributed by atoms with Crippen LogP contribution in [0.1, 0.15) is 21.5 Å². The van der Waals surface area contributed by atoms with Crippen LogP contribution in [0.3, 0.4) is 0 Å². The lowest BCUT2D eigenvalue weighted by atomic mass is 10.1. The van der Waals surface area contributed by atoms with Gasteiger partial charge in [0.05, 0.1) is 0 Å². The lowest BCUT2D eigenvalue weighted by Crippen LogP contribution is -2.12. The Balaban J connectivity index is 2.18. The van der Waals surface area contributed by atoms with Crippen molar-refractivity contribution in [2.45, 2.75) is 12.8 Å². The lowest BCUT2D eigenvalue weighted by Gasteiger charge is -2.07. The Morgan fingerprint density at radius 2 is 2.00 bits per heavy atom. The number of hydrogen-bond donors (Lipinski definition) is 1. The van der Waals surface area contributed by atoms with Crippen molar-refractivity contribution in [1.29, 1.82) is 0 Å². The maximum absolute atomic E-state index is 12.1. The molecule has 4 heteroatoms. The molecule has 2 rings (SSSR count). The number of halogens is 2. The summed E-state index contributed by atoms with van der Waals surface area (Å²) in [6.07, 6.45) is 0. The molecule has 98 valence electrons. The van der Waals surface area contributed by atoms with Crippen LogP contribution in [-0.4, -0.2) is 5.91 Å². The normalized spacial score (nSPS) is 10.3. The number of hydrogen-bond acceptors (Lipinski definition) is 1. The second-order valence-corrected chi connectivity index (χ2v) is 4.93. The monoisotopic (exact) mass is 293 g/mol. The van der Waals surface area contributed by atoms with E-state index in [1.807, 2.05) is 31.2 Å².